The van der Waals surface area contributed by atoms with E-state index in [1.807, 2.05) is 0 Å². The van der Waals surface area contributed by atoms with E-state index >= 15 is 0 Å². The van der Waals surface area contributed by atoms with Crippen molar-refractivity contribution in [3.05, 3.63) is 0 Å². The predicted octanol–water partition coefficient (Wildman–Crippen LogP) is -1.73. The molecule has 0 spiro atoms. The normalized spacial score (nSPS) is 11.3. The number of rotatable bonds is 2. The molecule has 0 saturated carbocycles. The van der Waals surface area contributed by atoms with E-state index in [-0.39, 0.29) is 39.5 Å². The molecule has 0 bridgehead atoms. The first kappa shape index (κ1) is 18.3. The zero-order chi connectivity index (χ0) is 7.71. The maximum absolute atomic E-state index is 9.63. The van der Waals surface area contributed by atoms with Gasteiger partial charge in [-0.15, -0.1) is 0 Å². The first-order chi connectivity index (χ1) is 3.71. The minimum absolute atomic E-state index is 0. The quantitative estimate of drug-likeness (QED) is 0.344. The average molecular weight is 263 g/mol. The van der Waals surface area contributed by atoms with Gasteiger partial charge in [0.05, 0.1) is 0 Å². The van der Waals surface area contributed by atoms with E-state index in [0.717, 1.165) is 0 Å². The van der Waals surface area contributed by atoms with Crippen molar-refractivity contribution in [2.45, 2.75) is 0 Å². The third-order valence-electron chi connectivity index (χ3n) is 0.213. The van der Waals surface area contributed by atoms with Gasteiger partial charge in [-0.05, 0) is 0 Å². The topological polar surface area (TPSA) is 124 Å². The van der Waals surface area contributed by atoms with Crippen LogP contribution in [0.1, 0.15) is 0 Å². The van der Waals surface area contributed by atoms with Crippen molar-refractivity contribution in [1.29, 1.82) is 0 Å². The summed E-state index contributed by atoms with van der Waals surface area (Å²) in [5.74, 6) is 0. The maximum Gasteiger partial charge on any atom is 0.478 e. The fourth-order valence-corrected chi connectivity index (χ4v) is 1.25. The zero-order valence-electron chi connectivity index (χ0n) is 4.22. The molecular weight excluding hydrogens is 257 g/mol. The van der Waals surface area contributed by atoms with Crippen LogP contribution in [0.3, 0.4) is 0 Å². The molecule has 0 rings (SSSR count). The van der Waals surface area contributed by atoms with Gasteiger partial charge in [-0.25, -0.2) is 9.13 Å². The summed E-state index contributed by atoms with van der Waals surface area (Å²) in [5.41, 5.74) is 0. The Morgan fingerprint density at radius 2 is 1.09 bits per heavy atom. The number of phosphoric acid groups is 2. The van der Waals surface area contributed by atoms with E-state index < -0.39 is 15.6 Å². The first-order valence-electron chi connectivity index (χ1n) is 1.53. The van der Waals surface area contributed by atoms with Crippen molar-refractivity contribution in [1.82, 2.24) is 0 Å². The van der Waals surface area contributed by atoms with Crippen LogP contribution >= 0.6 is 15.6 Å². The monoisotopic (exact) mass is 262 g/mol. The van der Waals surface area contributed by atoms with Gasteiger partial charge in [0, 0.05) is 16.5 Å². The van der Waals surface area contributed by atoms with Crippen molar-refractivity contribution in [2.24, 2.45) is 0 Å². The minimum Gasteiger partial charge on any atom is -0.302 e. The van der Waals surface area contributed by atoms with Gasteiger partial charge >= 0.3 is 38.7 Å². The van der Waals surface area contributed by atoms with Crippen molar-refractivity contribution in [3.8, 4) is 0 Å². The molecule has 0 aliphatic carbocycles. The summed E-state index contributed by atoms with van der Waals surface area (Å²) in [6.07, 6.45) is 0. The zero-order valence-corrected chi connectivity index (χ0v) is 7.00. The molecule has 0 aliphatic heterocycles. The molecule has 4 N–H and O–H groups in total. The summed E-state index contributed by atoms with van der Waals surface area (Å²) >= 11 is 0. The largest absolute Gasteiger partial charge is 0.478 e. The standard InChI is InChI=1S/Mg.Ni.H4O7P2.2H/c;;1-8(2,3)7-9(4,5)6;;/h;;(H2,1,2,3)(H2,4,5,6);;. The Bertz CT molecular complexity index is 157. The van der Waals surface area contributed by atoms with Crippen LogP contribution < -0.4 is 0 Å². The summed E-state index contributed by atoms with van der Waals surface area (Å²) in [5, 5.41) is 0. The van der Waals surface area contributed by atoms with E-state index in [1.54, 1.807) is 0 Å². The van der Waals surface area contributed by atoms with Crippen LogP contribution in [0.15, 0.2) is 0 Å². The molecule has 0 radical (unpaired) electrons. The summed E-state index contributed by atoms with van der Waals surface area (Å²) in [6, 6.07) is 0. The van der Waals surface area contributed by atoms with Crippen LogP contribution in [0.4, 0.5) is 0 Å². The Morgan fingerprint density at radius 1 is 0.909 bits per heavy atom. The molecule has 0 fully saturated rings. The van der Waals surface area contributed by atoms with E-state index in [2.05, 4.69) is 4.31 Å². The van der Waals surface area contributed by atoms with Gasteiger partial charge in [0.25, 0.3) is 0 Å². The van der Waals surface area contributed by atoms with Gasteiger partial charge < -0.3 is 19.6 Å². The molecule has 7 nitrogen and oxygen atoms in total. The third kappa shape index (κ3) is 18.5. The second-order valence-electron chi connectivity index (χ2n) is 1.06. The van der Waals surface area contributed by atoms with Crippen LogP contribution in [-0.2, 0) is 29.9 Å². The van der Waals surface area contributed by atoms with Crippen molar-refractivity contribution < 1.29 is 49.5 Å². The molecule has 11 heteroatoms. The fraction of sp³-hybridized carbons (Fsp3) is 0. The van der Waals surface area contributed by atoms with E-state index in [4.69, 9.17) is 19.6 Å². The Labute approximate surface area is 88.1 Å². The Balaban J connectivity index is -0.000000320. The average Bonchev–Trinajstić information content (AvgIpc) is 1.14. The smallest absolute Gasteiger partial charge is 0.302 e. The van der Waals surface area contributed by atoms with Crippen LogP contribution in [0.2, 0.25) is 0 Å². The number of hydrogen-bond acceptors (Lipinski definition) is 3. The van der Waals surface area contributed by atoms with E-state index in [1.165, 1.54) is 0 Å². The first-order valence-corrected chi connectivity index (χ1v) is 4.59. The second-order valence-corrected chi connectivity index (χ2v) is 3.68. The molecule has 0 atom stereocenters. The van der Waals surface area contributed by atoms with Gasteiger partial charge in [-0.3, -0.25) is 0 Å². The SMILES string of the molecule is O=P(O)(O)OP(=O)(O)O.[MgH2].[Ni]. The van der Waals surface area contributed by atoms with Crippen molar-refractivity contribution in [2.75, 3.05) is 0 Å². The molecule has 70 valence electrons. The molecular formula is H6MgNiO7P2. The van der Waals surface area contributed by atoms with Gasteiger partial charge in [-0.1, -0.05) is 0 Å². The molecule has 0 amide bonds. The molecule has 0 aliphatic rings. The second kappa shape index (κ2) is 6.05. The summed E-state index contributed by atoms with van der Waals surface area (Å²) in [6.45, 7) is 0. The van der Waals surface area contributed by atoms with Crippen LogP contribution in [0.5, 0.6) is 0 Å². The van der Waals surface area contributed by atoms with E-state index in [9.17, 15) is 9.13 Å². The summed E-state index contributed by atoms with van der Waals surface area (Å²) in [7, 11) is -10.1. The molecule has 0 unspecified atom stereocenters. The van der Waals surface area contributed by atoms with Crippen LogP contribution in [0.25, 0.3) is 0 Å². The van der Waals surface area contributed by atoms with Gasteiger partial charge in [0.1, 0.15) is 0 Å². The molecule has 0 saturated heterocycles. The predicted molar refractivity (Wildman–Crippen MR) is 33.7 cm³/mol. The van der Waals surface area contributed by atoms with Gasteiger partial charge in [-0.2, -0.15) is 4.31 Å². The van der Waals surface area contributed by atoms with Crippen molar-refractivity contribution >= 4 is 38.7 Å². The molecule has 11 heavy (non-hydrogen) atoms. The third-order valence-corrected chi connectivity index (χ3v) is 1.91. The minimum atomic E-state index is -5.05. The maximum atomic E-state index is 9.63. The Morgan fingerprint density at radius 3 is 1.09 bits per heavy atom. The summed E-state index contributed by atoms with van der Waals surface area (Å²) in [4.78, 5) is 31.0. The van der Waals surface area contributed by atoms with Gasteiger partial charge in [0.15, 0.2) is 0 Å². The Hall–Kier alpha value is 1.52. The molecule has 0 aromatic carbocycles. The van der Waals surface area contributed by atoms with E-state index in [0.29, 0.717) is 0 Å². The van der Waals surface area contributed by atoms with Gasteiger partial charge in [0.2, 0.25) is 0 Å². The molecule has 0 aromatic heterocycles. The van der Waals surface area contributed by atoms with Crippen LogP contribution in [0, 0.1) is 0 Å². The number of hydrogen-bond donors (Lipinski definition) is 4. The Kier molecular flexibility index (Phi) is 10.1. The van der Waals surface area contributed by atoms with Crippen molar-refractivity contribution in [3.63, 3.8) is 0 Å². The fourth-order valence-electron chi connectivity index (χ4n) is 0.139. The molecule has 0 aromatic rings. The molecule has 0 heterocycles. The van der Waals surface area contributed by atoms with Crippen LogP contribution in [-0.4, -0.2) is 42.6 Å². The summed E-state index contributed by atoms with van der Waals surface area (Å²) < 4.78 is 22.2.